The third-order valence-electron chi connectivity index (χ3n) is 4.32. The van der Waals surface area contributed by atoms with Gasteiger partial charge in [-0.05, 0) is 54.6 Å². The number of rotatable bonds is 6. The second-order valence-electron chi connectivity index (χ2n) is 6.31. The smallest absolute Gasteiger partial charge is 0.287 e. The fourth-order valence-corrected chi connectivity index (χ4v) is 2.85. The largest absolute Gasteiger partial charge is 0.454 e. The Hall–Kier alpha value is -3.78. The average Bonchev–Trinajstić information content (AvgIpc) is 3.41. The van der Waals surface area contributed by atoms with E-state index in [1.807, 2.05) is 0 Å². The van der Waals surface area contributed by atoms with E-state index in [1.54, 1.807) is 54.6 Å². The molecule has 0 fully saturated rings. The lowest BCUT2D eigenvalue weighted by atomic mass is 10.1. The number of carbonyl (C=O) groups is 2. The number of hydrogen-bond acceptors (Lipinski definition) is 6. The number of amides is 2. The number of hydrogen-bond donors (Lipinski definition) is 3. The van der Waals surface area contributed by atoms with Crippen molar-refractivity contribution >= 4 is 17.5 Å². The molecule has 3 aromatic rings. The van der Waals surface area contributed by atoms with Gasteiger partial charge >= 0.3 is 0 Å². The van der Waals surface area contributed by atoms with Gasteiger partial charge < -0.3 is 30.3 Å². The number of anilines is 1. The predicted octanol–water partition coefficient (Wildman–Crippen LogP) is 2.62. The van der Waals surface area contributed by atoms with Crippen LogP contribution in [0.1, 0.15) is 20.9 Å². The predicted molar refractivity (Wildman–Crippen MR) is 106 cm³/mol. The van der Waals surface area contributed by atoms with Crippen LogP contribution in [0.4, 0.5) is 5.69 Å². The molecule has 0 spiro atoms. The SMILES string of the molecule is NCCNC(=O)c1ccc(-c2ccc(NC(=O)c3ccc4c(c3)OCO4)cc2)o1. The first kappa shape index (κ1) is 18.6. The molecule has 0 saturated heterocycles. The van der Waals surface area contributed by atoms with Crippen LogP contribution in [-0.4, -0.2) is 31.7 Å². The van der Waals surface area contributed by atoms with Crippen molar-refractivity contribution in [3.63, 3.8) is 0 Å². The number of ether oxygens (including phenoxy) is 2. The van der Waals surface area contributed by atoms with Crippen molar-refractivity contribution in [2.24, 2.45) is 5.73 Å². The van der Waals surface area contributed by atoms with E-state index in [1.165, 1.54) is 0 Å². The molecule has 29 heavy (non-hydrogen) atoms. The second kappa shape index (κ2) is 8.07. The lowest BCUT2D eigenvalue weighted by Crippen LogP contribution is -2.28. The molecule has 0 unspecified atom stereocenters. The maximum atomic E-state index is 12.5. The van der Waals surface area contributed by atoms with Gasteiger partial charge in [0.1, 0.15) is 5.76 Å². The van der Waals surface area contributed by atoms with Crippen LogP contribution < -0.4 is 25.8 Å². The van der Waals surface area contributed by atoms with Crippen LogP contribution in [0, 0.1) is 0 Å². The topological polar surface area (TPSA) is 116 Å². The Kier molecular flexibility index (Phi) is 5.17. The van der Waals surface area contributed by atoms with Crippen molar-refractivity contribution in [3.05, 3.63) is 65.9 Å². The minimum Gasteiger partial charge on any atom is -0.454 e. The van der Waals surface area contributed by atoms with E-state index in [0.717, 1.165) is 5.56 Å². The number of nitrogens with two attached hydrogens (primary N) is 1. The van der Waals surface area contributed by atoms with Gasteiger partial charge in [0.25, 0.3) is 11.8 Å². The van der Waals surface area contributed by atoms with Gasteiger partial charge in [-0.1, -0.05) is 0 Å². The number of furan rings is 1. The zero-order chi connectivity index (χ0) is 20.2. The van der Waals surface area contributed by atoms with E-state index < -0.39 is 0 Å². The molecule has 4 N–H and O–H groups in total. The molecule has 2 amide bonds. The monoisotopic (exact) mass is 393 g/mol. The van der Waals surface area contributed by atoms with E-state index in [-0.39, 0.29) is 24.4 Å². The number of benzene rings is 2. The van der Waals surface area contributed by atoms with Crippen LogP contribution in [0.2, 0.25) is 0 Å². The Morgan fingerprint density at radius 1 is 0.931 bits per heavy atom. The molecule has 2 aromatic carbocycles. The molecule has 8 heteroatoms. The third kappa shape index (κ3) is 4.07. The first-order valence-corrected chi connectivity index (χ1v) is 9.03. The zero-order valence-electron chi connectivity index (χ0n) is 15.4. The van der Waals surface area contributed by atoms with Crippen molar-refractivity contribution in [2.45, 2.75) is 0 Å². The fourth-order valence-electron chi connectivity index (χ4n) is 2.85. The highest BCUT2D eigenvalue weighted by Crippen LogP contribution is 2.32. The standard InChI is InChI=1S/C21H19N3O5/c22-9-10-23-21(26)18-8-7-16(29-18)13-1-4-15(5-2-13)24-20(25)14-3-6-17-19(11-14)28-12-27-17/h1-8,11H,9-10,12,22H2,(H,23,26)(H,24,25). The summed E-state index contributed by atoms with van der Waals surface area (Å²) in [6.45, 7) is 0.899. The highest BCUT2D eigenvalue weighted by Gasteiger charge is 2.16. The van der Waals surface area contributed by atoms with E-state index in [9.17, 15) is 9.59 Å². The molecular formula is C21H19N3O5. The normalized spacial score (nSPS) is 11.9. The highest BCUT2D eigenvalue weighted by molar-refractivity contribution is 6.04. The molecule has 0 aliphatic carbocycles. The van der Waals surface area contributed by atoms with Crippen LogP contribution in [0.5, 0.6) is 11.5 Å². The molecule has 0 atom stereocenters. The van der Waals surface area contributed by atoms with Gasteiger partial charge in [-0.3, -0.25) is 9.59 Å². The number of carbonyl (C=O) groups excluding carboxylic acids is 2. The quantitative estimate of drug-likeness (QED) is 0.593. The minimum absolute atomic E-state index is 0.158. The van der Waals surface area contributed by atoms with Crippen molar-refractivity contribution in [1.29, 1.82) is 0 Å². The minimum atomic E-state index is -0.311. The van der Waals surface area contributed by atoms with Gasteiger partial charge in [0.15, 0.2) is 17.3 Å². The molecule has 2 heterocycles. The van der Waals surface area contributed by atoms with Gasteiger partial charge in [0.05, 0.1) is 0 Å². The zero-order valence-corrected chi connectivity index (χ0v) is 15.4. The summed E-state index contributed by atoms with van der Waals surface area (Å²) in [5, 5.41) is 5.49. The molecule has 8 nitrogen and oxygen atoms in total. The van der Waals surface area contributed by atoms with Gasteiger partial charge in [0.2, 0.25) is 6.79 Å². The van der Waals surface area contributed by atoms with Crippen LogP contribution in [0.25, 0.3) is 11.3 Å². The molecule has 1 aliphatic heterocycles. The van der Waals surface area contributed by atoms with E-state index in [0.29, 0.717) is 41.6 Å². The van der Waals surface area contributed by atoms with Crippen LogP contribution >= 0.6 is 0 Å². The molecule has 148 valence electrons. The Morgan fingerprint density at radius 3 is 2.52 bits per heavy atom. The van der Waals surface area contributed by atoms with Gasteiger partial charge in [-0.15, -0.1) is 0 Å². The summed E-state index contributed by atoms with van der Waals surface area (Å²) in [5.41, 5.74) is 7.25. The molecule has 1 aliphatic rings. The first-order valence-electron chi connectivity index (χ1n) is 9.03. The number of fused-ring (bicyclic) bond motifs is 1. The van der Waals surface area contributed by atoms with Crippen molar-refractivity contribution in [3.8, 4) is 22.8 Å². The van der Waals surface area contributed by atoms with Gasteiger partial charge in [-0.2, -0.15) is 0 Å². The van der Waals surface area contributed by atoms with Gasteiger partial charge in [0, 0.05) is 29.9 Å². The highest BCUT2D eigenvalue weighted by atomic mass is 16.7. The summed E-state index contributed by atoms with van der Waals surface area (Å²) in [5.74, 6) is 1.38. The van der Waals surface area contributed by atoms with E-state index in [2.05, 4.69) is 10.6 Å². The Labute approximate surface area is 166 Å². The first-order chi connectivity index (χ1) is 14.1. The summed E-state index contributed by atoms with van der Waals surface area (Å²) in [6.07, 6.45) is 0. The fraction of sp³-hybridized carbons (Fsp3) is 0.143. The van der Waals surface area contributed by atoms with Gasteiger partial charge in [-0.25, -0.2) is 0 Å². The third-order valence-corrected chi connectivity index (χ3v) is 4.32. The molecular weight excluding hydrogens is 374 g/mol. The lowest BCUT2D eigenvalue weighted by Gasteiger charge is -2.07. The van der Waals surface area contributed by atoms with Crippen LogP contribution in [0.3, 0.4) is 0 Å². The molecule has 0 bridgehead atoms. The Bertz CT molecular complexity index is 1040. The van der Waals surface area contributed by atoms with Crippen molar-refractivity contribution in [2.75, 3.05) is 25.2 Å². The molecule has 4 rings (SSSR count). The average molecular weight is 393 g/mol. The van der Waals surface area contributed by atoms with Crippen molar-refractivity contribution in [1.82, 2.24) is 5.32 Å². The lowest BCUT2D eigenvalue weighted by molar-refractivity contribution is 0.0927. The second-order valence-corrected chi connectivity index (χ2v) is 6.31. The van der Waals surface area contributed by atoms with E-state index >= 15 is 0 Å². The summed E-state index contributed by atoms with van der Waals surface area (Å²) < 4.78 is 16.1. The summed E-state index contributed by atoms with van der Waals surface area (Å²) in [6, 6.07) is 15.5. The van der Waals surface area contributed by atoms with E-state index in [4.69, 9.17) is 19.6 Å². The summed E-state index contributed by atoms with van der Waals surface area (Å²) >= 11 is 0. The Morgan fingerprint density at radius 2 is 1.72 bits per heavy atom. The number of nitrogens with one attached hydrogen (secondary N) is 2. The van der Waals surface area contributed by atoms with Crippen LogP contribution in [0.15, 0.2) is 59.0 Å². The molecule has 1 aromatic heterocycles. The summed E-state index contributed by atoms with van der Waals surface area (Å²) in [4.78, 5) is 24.4. The maximum absolute atomic E-state index is 12.5. The molecule has 0 saturated carbocycles. The maximum Gasteiger partial charge on any atom is 0.287 e. The van der Waals surface area contributed by atoms with Crippen molar-refractivity contribution < 1.29 is 23.5 Å². The summed E-state index contributed by atoms with van der Waals surface area (Å²) in [7, 11) is 0. The Balaban J connectivity index is 1.42. The molecule has 0 radical (unpaired) electrons. The van der Waals surface area contributed by atoms with Crippen LogP contribution in [-0.2, 0) is 0 Å².